The van der Waals surface area contributed by atoms with Crippen molar-refractivity contribution in [3.63, 3.8) is 0 Å². The van der Waals surface area contributed by atoms with Crippen molar-refractivity contribution in [2.75, 3.05) is 18.4 Å². The number of amides is 2. The quantitative estimate of drug-likeness (QED) is 0.895. The molecule has 1 aliphatic rings. The van der Waals surface area contributed by atoms with E-state index in [2.05, 4.69) is 10.1 Å². The van der Waals surface area contributed by atoms with Crippen LogP contribution in [0, 0.1) is 5.92 Å². The number of nitrogens with one attached hydrogen (secondary N) is 1. The number of carboxylic acids is 1. The zero-order valence-corrected chi connectivity index (χ0v) is 11.7. The summed E-state index contributed by atoms with van der Waals surface area (Å²) in [6.45, 7) is -2.25. The number of carbonyl (C=O) groups is 2. The zero-order chi connectivity index (χ0) is 16.1. The first-order chi connectivity index (χ1) is 10.5. The molecule has 0 bridgehead atoms. The second kappa shape index (κ2) is 7.06. The molecule has 0 aliphatic carbocycles. The van der Waals surface area contributed by atoms with Gasteiger partial charge in [0.1, 0.15) is 5.75 Å². The molecule has 1 aromatic rings. The van der Waals surface area contributed by atoms with Gasteiger partial charge in [-0.2, -0.15) is 8.78 Å². The third-order valence-corrected chi connectivity index (χ3v) is 3.39. The van der Waals surface area contributed by atoms with E-state index in [1.54, 1.807) is 0 Å². The van der Waals surface area contributed by atoms with Gasteiger partial charge in [-0.25, -0.2) is 4.79 Å². The van der Waals surface area contributed by atoms with Gasteiger partial charge in [0.05, 0.1) is 5.92 Å². The minimum absolute atomic E-state index is 0.00286. The lowest BCUT2D eigenvalue weighted by atomic mass is 9.99. The molecule has 0 radical (unpaired) electrons. The molecule has 120 valence electrons. The molecule has 1 saturated heterocycles. The Morgan fingerprint density at radius 2 is 2.00 bits per heavy atom. The van der Waals surface area contributed by atoms with Crippen molar-refractivity contribution in [1.29, 1.82) is 0 Å². The van der Waals surface area contributed by atoms with E-state index in [9.17, 15) is 18.4 Å². The molecule has 1 aromatic carbocycles. The summed E-state index contributed by atoms with van der Waals surface area (Å²) in [5.74, 6) is -1.47. The fourth-order valence-corrected chi connectivity index (χ4v) is 2.29. The Kier molecular flexibility index (Phi) is 5.13. The summed E-state index contributed by atoms with van der Waals surface area (Å²) >= 11 is 0. The summed E-state index contributed by atoms with van der Waals surface area (Å²) in [4.78, 5) is 24.5. The number of carbonyl (C=O) groups excluding carboxylic acids is 1. The molecule has 6 nitrogen and oxygen atoms in total. The fourth-order valence-electron chi connectivity index (χ4n) is 2.29. The van der Waals surface area contributed by atoms with E-state index >= 15 is 0 Å². The number of carboxylic acid groups (broad SMARTS) is 1. The Morgan fingerprint density at radius 3 is 2.59 bits per heavy atom. The SMILES string of the molecule is O=C(O)C1CCCN(C(=O)Nc2ccc(OC(F)F)cc2)C1. The van der Waals surface area contributed by atoms with E-state index in [4.69, 9.17) is 5.11 Å². The van der Waals surface area contributed by atoms with Gasteiger partial charge >= 0.3 is 18.6 Å². The second-order valence-corrected chi connectivity index (χ2v) is 4.96. The number of anilines is 1. The molecule has 1 fully saturated rings. The van der Waals surface area contributed by atoms with E-state index in [0.29, 0.717) is 25.1 Å². The van der Waals surface area contributed by atoms with E-state index in [0.717, 1.165) is 0 Å². The van der Waals surface area contributed by atoms with Crippen molar-refractivity contribution in [3.8, 4) is 5.75 Å². The van der Waals surface area contributed by atoms with E-state index in [-0.39, 0.29) is 12.3 Å². The summed E-state index contributed by atoms with van der Waals surface area (Å²) in [5.41, 5.74) is 0.420. The smallest absolute Gasteiger partial charge is 0.387 e. The maximum atomic E-state index is 12.1. The molecule has 2 amide bonds. The van der Waals surface area contributed by atoms with Crippen LogP contribution in [0.1, 0.15) is 12.8 Å². The Labute approximate surface area is 125 Å². The van der Waals surface area contributed by atoms with Crippen LogP contribution >= 0.6 is 0 Å². The van der Waals surface area contributed by atoms with E-state index in [1.807, 2.05) is 0 Å². The second-order valence-electron chi connectivity index (χ2n) is 4.96. The predicted octanol–water partition coefficient (Wildman–Crippen LogP) is 2.62. The number of likely N-dealkylation sites (tertiary alicyclic amines) is 1. The lowest BCUT2D eigenvalue weighted by Crippen LogP contribution is -2.44. The van der Waals surface area contributed by atoms with Crippen LogP contribution in [0.3, 0.4) is 0 Å². The standard InChI is InChI=1S/C14H16F2N2O4/c15-13(16)22-11-5-3-10(4-6-11)17-14(21)18-7-1-2-9(8-18)12(19)20/h3-6,9,13H,1-2,7-8H2,(H,17,21)(H,19,20). The predicted molar refractivity (Wildman–Crippen MR) is 74.0 cm³/mol. The average molecular weight is 314 g/mol. The third-order valence-electron chi connectivity index (χ3n) is 3.39. The molecule has 2 N–H and O–H groups in total. The van der Waals surface area contributed by atoms with E-state index in [1.165, 1.54) is 29.2 Å². The molecule has 1 heterocycles. The van der Waals surface area contributed by atoms with Crippen LogP contribution in [0.15, 0.2) is 24.3 Å². The minimum Gasteiger partial charge on any atom is -0.481 e. The molecular formula is C14H16F2N2O4. The van der Waals surface area contributed by atoms with Crippen molar-refractivity contribution < 1.29 is 28.2 Å². The highest BCUT2D eigenvalue weighted by molar-refractivity contribution is 5.89. The maximum absolute atomic E-state index is 12.1. The van der Waals surface area contributed by atoms with Crippen molar-refractivity contribution >= 4 is 17.7 Å². The lowest BCUT2D eigenvalue weighted by Gasteiger charge is -2.30. The summed E-state index contributed by atoms with van der Waals surface area (Å²) < 4.78 is 28.3. The van der Waals surface area contributed by atoms with Gasteiger partial charge < -0.3 is 20.1 Å². The van der Waals surface area contributed by atoms with E-state index < -0.39 is 24.5 Å². The van der Waals surface area contributed by atoms with Gasteiger partial charge in [0, 0.05) is 18.8 Å². The Bertz CT molecular complexity index is 536. The van der Waals surface area contributed by atoms with Crippen molar-refractivity contribution in [1.82, 2.24) is 4.90 Å². The summed E-state index contributed by atoms with van der Waals surface area (Å²) in [7, 11) is 0. The largest absolute Gasteiger partial charge is 0.481 e. The van der Waals surface area contributed by atoms with Crippen LogP contribution in [0.2, 0.25) is 0 Å². The van der Waals surface area contributed by atoms with Gasteiger partial charge in [0.25, 0.3) is 0 Å². The molecule has 0 spiro atoms. The number of ether oxygens (including phenoxy) is 1. The van der Waals surface area contributed by atoms with Gasteiger partial charge in [0.15, 0.2) is 0 Å². The molecule has 1 unspecified atom stereocenters. The Morgan fingerprint density at radius 1 is 1.32 bits per heavy atom. The summed E-state index contributed by atoms with van der Waals surface area (Å²) in [6, 6.07) is 5.10. The van der Waals surface area contributed by atoms with Crippen LogP contribution in [0.25, 0.3) is 0 Å². The first-order valence-corrected chi connectivity index (χ1v) is 6.79. The van der Waals surface area contributed by atoms with Gasteiger partial charge in [-0.3, -0.25) is 4.79 Å². The molecule has 0 aromatic heterocycles. The van der Waals surface area contributed by atoms with Gasteiger partial charge in [-0.05, 0) is 37.1 Å². The number of piperidine rings is 1. The summed E-state index contributed by atoms with van der Waals surface area (Å²) in [5, 5.41) is 11.6. The molecule has 8 heteroatoms. The summed E-state index contributed by atoms with van der Waals surface area (Å²) in [6.07, 6.45) is 1.18. The number of hydrogen-bond acceptors (Lipinski definition) is 3. The Hall–Kier alpha value is -2.38. The number of urea groups is 1. The number of nitrogens with zero attached hydrogens (tertiary/aromatic N) is 1. The molecule has 0 saturated carbocycles. The van der Waals surface area contributed by atoms with Crippen LogP contribution in [-0.2, 0) is 4.79 Å². The minimum atomic E-state index is -2.90. The molecule has 22 heavy (non-hydrogen) atoms. The fraction of sp³-hybridized carbons (Fsp3) is 0.429. The topological polar surface area (TPSA) is 78.9 Å². The first-order valence-electron chi connectivity index (χ1n) is 6.79. The number of hydrogen-bond donors (Lipinski definition) is 2. The molecule has 1 atom stereocenters. The van der Waals surface area contributed by atoms with Gasteiger partial charge in [0.2, 0.25) is 0 Å². The van der Waals surface area contributed by atoms with Crippen LogP contribution < -0.4 is 10.1 Å². The number of alkyl halides is 2. The highest BCUT2D eigenvalue weighted by Crippen LogP contribution is 2.20. The lowest BCUT2D eigenvalue weighted by molar-refractivity contribution is -0.143. The highest BCUT2D eigenvalue weighted by Gasteiger charge is 2.28. The normalized spacial score (nSPS) is 18.1. The van der Waals surface area contributed by atoms with Crippen molar-refractivity contribution in [3.05, 3.63) is 24.3 Å². The number of benzene rings is 1. The number of halogens is 2. The maximum Gasteiger partial charge on any atom is 0.387 e. The van der Waals surface area contributed by atoms with Gasteiger partial charge in [-0.15, -0.1) is 0 Å². The highest BCUT2D eigenvalue weighted by atomic mass is 19.3. The van der Waals surface area contributed by atoms with Gasteiger partial charge in [-0.1, -0.05) is 0 Å². The molecule has 1 aliphatic heterocycles. The monoisotopic (exact) mass is 314 g/mol. The third kappa shape index (κ3) is 4.31. The Balaban J connectivity index is 1.92. The molecular weight excluding hydrogens is 298 g/mol. The number of rotatable bonds is 4. The van der Waals surface area contributed by atoms with Crippen LogP contribution in [0.4, 0.5) is 19.3 Å². The average Bonchev–Trinajstić information content (AvgIpc) is 2.49. The van der Waals surface area contributed by atoms with Crippen molar-refractivity contribution in [2.45, 2.75) is 19.5 Å². The van der Waals surface area contributed by atoms with Crippen LogP contribution in [0.5, 0.6) is 5.75 Å². The molecule has 2 rings (SSSR count). The first kappa shape index (κ1) is 16.0. The zero-order valence-electron chi connectivity index (χ0n) is 11.7. The van der Waals surface area contributed by atoms with Crippen molar-refractivity contribution in [2.24, 2.45) is 5.92 Å². The van der Waals surface area contributed by atoms with Crippen LogP contribution in [-0.4, -0.2) is 41.7 Å². The number of aliphatic carboxylic acids is 1.